The molecule has 4 nitrogen and oxygen atoms in total. The Morgan fingerprint density at radius 3 is 2.40 bits per heavy atom. The average molecular weight is 339 g/mol. The van der Waals surface area contributed by atoms with Crippen molar-refractivity contribution in [1.29, 1.82) is 0 Å². The third kappa shape index (κ3) is 3.85. The molecule has 0 radical (unpaired) electrons. The normalized spacial score (nSPS) is 16.9. The van der Waals surface area contributed by atoms with Gasteiger partial charge in [-0.15, -0.1) is 0 Å². The monoisotopic (exact) mass is 339 g/mol. The third-order valence-electron chi connectivity index (χ3n) is 4.56. The van der Waals surface area contributed by atoms with Crippen LogP contribution < -0.4 is 10.1 Å². The van der Waals surface area contributed by atoms with Crippen molar-refractivity contribution in [3.63, 3.8) is 0 Å². The highest BCUT2D eigenvalue weighted by molar-refractivity contribution is 5.78. The Balaban J connectivity index is 1.79. The van der Waals surface area contributed by atoms with E-state index < -0.39 is 6.04 Å². The highest BCUT2D eigenvalue weighted by Crippen LogP contribution is 2.31. The predicted octanol–water partition coefficient (Wildman–Crippen LogP) is 4.14. The number of carbonyl (C=O) groups excluding carboxylic acids is 1. The van der Waals surface area contributed by atoms with Crippen LogP contribution in [-0.4, -0.2) is 19.6 Å². The Morgan fingerprint density at radius 1 is 1.08 bits per heavy atom. The standard InChI is InChI=1S/C21H25NO3/c1-21(2,3)15-5-7-16(8-6-15)25-17-9-10-18-14(13-17)11-12-22-19(18)20(23)24-4/h5-10,13,19,22H,11-12H2,1-4H3. The molecule has 1 unspecified atom stereocenters. The molecule has 0 aliphatic carbocycles. The quantitative estimate of drug-likeness (QED) is 0.854. The van der Waals surface area contributed by atoms with E-state index in [9.17, 15) is 4.79 Å². The number of hydrogen-bond donors (Lipinski definition) is 1. The molecular weight excluding hydrogens is 314 g/mol. The number of nitrogens with one attached hydrogen (secondary N) is 1. The zero-order chi connectivity index (χ0) is 18.0. The Morgan fingerprint density at radius 2 is 1.76 bits per heavy atom. The molecule has 1 atom stereocenters. The Hall–Kier alpha value is -2.33. The SMILES string of the molecule is COC(=O)C1NCCc2cc(Oc3ccc(C(C)(C)C)cc3)ccc21. The molecule has 0 saturated heterocycles. The van der Waals surface area contributed by atoms with Gasteiger partial charge in [-0.25, -0.2) is 4.79 Å². The molecule has 1 N–H and O–H groups in total. The van der Waals surface area contributed by atoms with Crippen molar-refractivity contribution in [2.45, 2.75) is 38.6 Å². The molecule has 0 bridgehead atoms. The summed E-state index contributed by atoms with van der Waals surface area (Å²) in [5.74, 6) is 1.34. The summed E-state index contributed by atoms with van der Waals surface area (Å²) in [6, 6.07) is 13.7. The van der Waals surface area contributed by atoms with E-state index in [2.05, 4.69) is 38.2 Å². The van der Waals surface area contributed by atoms with Gasteiger partial charge >= 0.3 is 5.97 Å². The lowest BCUT2D eigenvalue weighted by Crippen LogP contribution is -2.35. The van der Waals surface area contributed by atoms with Gasteiger partial charge in [0, 0.05) is 6.54 Å². The zero-order valence-corrected chi connectivity index (χ0v) is 15.3. The lowest BCUT2D eigenvalue weighted by atomic mass is 9.87. The second-order valence-electron chi connectivity index (χ2n) is 7.40. The van der Waals surface area contributed by atoms with Crippen LogP contribution in [0, 0.1) is 0 Å². The van der Waals surface area contributed by atoms with E-state index in [-0.39, 0.29) is 11.4 Å². The Kier molecular flexibility index (Phi) is 4.82. The second kappa shape index (κ2) is 6.89. The maximum absolute atomic E-state index is 11.9. The zero-order valence-electron chi connectivity index (χ0n) is 15.3. The lowest BCUT2D eigenvalue weighted by Gasteiger charge is -2.25. The average Bonchev–Trinajstić information content (AvgIpc) is 2.60. The molecule has 3 rings (SSSR count). The molecule has 0 saturated carbocycles. The number of esters is 1. The largest absolute Gasteiger partial charge is 0.468 e. The molecule has 25 heavy (non-hydrogen) atoms. The highest BCUT2D eigenvalue weighted by atomic mass is 16.5. The molecule has 0 fully saturated rings. The van der Waals surface area contributed by atoms with Crippen LogP contribution in [0.5, 0.6) is 11.5 Å². The summed E-state index contributed by atoms with van der Waals surface area (Å²) in [4.78, 5) is 11.9. The van der Waals surface area contributed by atoms with E-state index in [1.54, 1.807) is 0 Å². The molecule has 0 amide bonds. The number of carbonyl (C=O) groups is 1. The summed E-state index contributed by atoms with van der Waals surface area (Å²) >= 11 is 0. The first-order valence-corrected chi connectivity index (χ1v) is 8.61. The fourth-order valence-corrected chi connectivity index (χ4v) is 3.09. The topological polar surface area (TPSA) is 47.6 Å². The van der Waals surface area contributed by atoms with E-state index in [0.29, 0.717) is 0 Å². The van der Waals surface area contributed by atoms with Gasteiger partial charge < -0.3 is 14.8 Å². The fourth-order valence-electron chi connectivity index (χ4n) is 3.09. The summed E-state index contributed by atoms with van der Waals surface area (Å²) < 4.78 is 10.9. The van der Waals surface area contributed by atoms with Crippen molar-refractivity contribution < 1.29 is 14.3 Å². The smallest absolute Gasteiger partial charge is 0.327 e. The highest BCUT2D eigenvalue weighted by Gasteiger charge is 2.27. The first kappa shape index (κ1) is 17.5. The Bertz CT molecular complexity index is 760. The van der Waals surface area contributed by atoms with Crippen molar-refractivity contribution in [2.24, 2.45) is 0 Å². The van der Waals surface area contributed by atoms with E-state index in [1.807, 2.05) is 30.3 Å². The number of rotatable bonds is 3. The van der Waals surface area contributed by atoms with Gasteiger partial charge in [-0.2, -0.15) is 0 Å². The fraction of sp³-hybridized carbons (Fsp3) is 0.381. The maximum atomic E-state index is 11.9. The number of methoxy groups -OCH3 is 1. The molecule has 0 aromatic heterocycles. The van der Waals surface area contributed by atoms with Gasteiger partial charge in [-0.3, -0.25) is 0 Å². The van der Waals surface area contributed by atoms with Crippen LogP contribution in [-0.2, 0) is 21.4 Å². The van der Waals surface area contributed by atoms with Crippen molar-refractivity contribution in [2.75, 3.05) is 13.7 Å². The number of ether oxygens (including phenoxy) is 2. The first-order valence-electron chi connectivity index (χ1n) is 8.61. The first-order chi connectivity index (χ1) is 11.9. The van der Waals surface area contributed by atoms with Crippen molar-refractivity contribution in [1.82, 2.24) is 5.32 Å². The number of fused-ring (bicyclic) bond motifs is 1. The van der Waals surface area contributed by atoms with E-state index in [0.717, 1.165) is 35.6 Å². The molecule has 2 aromatic carbocycles. The molecule has 1 aliphatic heterocycles. The van der Waals surface area contributed by atoms with Crippen LogP contribution in [0.4, 0.5) is 0 Å². The van der Waals surface area contributed by atoms with E-state index in [4.69, 9.17) is 9.47 Å². The van der Waals surface area contributed by atoms with Gasteiger partial charge in [0.05, 0.1) is 7.11 Å². The summed E-state index contributed by atoms with van der Waals surface area (Å²) in [6.45, 7) is 7.32. The van der Waals surface area contributed by atoms with Gasteiger partial charge in [-0.05, 0) is 52.8 Å². The minimum atomic E-state index is -0.395. The van der Waals surface area contributed by atoms with Crippen LogP contribution in [0.1, 0.15) is 43.5 Å². The summed E-state index contributed by atoms with van der Waals surface area (Å²) in [5, 5.41) is 3.20. The minimum absolute atomic E-state index is 0.125. The van der Waals surface area contributed by atoms with Crippen LogP contribution in [0.3, 0.4) is 0 Å². The summed E-state index contributed by atoms with van der Waals surface area (Å²) in [5.41, 5.74) is 3.49. The number of benzene rings is 2. The molecule has 4 heteroatoms. The van der Waals surface area contributed by atoms with E-state index in [1.165, 1.54) is 12.7 Å². The van der Waals surface area contributed by atoms with Crippen LogP contribution in [0.25, 0.3) is 0 Å². The van der Waals surface area contributed by atoms with Crippen LogP contribution in [0.2, 0.25) is 0 Å². The van der Waals surface area contributed by atoms with Gasteiger partial charge in [0.25, 0.3) is 0 Å². The van der Waals surface area contributed by atoms with Crippen LogP contribution >= 0.6 is 0 Å². The van der Waals surface area contributed by atoms with Gasteiger partial charge in [0.1, 0.15) is 17.5 Å². The van der Waals surface area contributed by atoms with Crippen LogP contribution in [0.15, 0.2) is 42.5 Å². The summed E-state index contributed by atoms with van der Waals surface area (Å²) in [6.07, 6.45) is 0.864. The predicted molar refractivity (Wildman–Crippen MR) is 98.1 cm³/mol. The second-order valence-corrected chi connectivity index (χ2v) is 7.40. The van der Waals surface area contributed by atoms with Gasteiger partial charge in [0.15, 0.2) is 0 Å². The van der Waals surface area contributed by atoms with Crippen molar-refractivity contribution in [3.8, 4) is 11.5 Å². The van der Waals surface area contributed by atoms with Crippen molar-refractivity contribution in [3.05, 3.63) is 59.2 Å². The number of hydrogen-bond acceptors (Lipinski definition) is 4. The molecule has 1 heterocycles. The van der Waals surface area contributed by atoms with Crippen molar-refractivity contribution >= 4 is 5.97 Å². The minimum Gasteiger partial charge on any atom is -0.468 e. The maximum Gasteiger partial charge on any atom is 0.327 e. The molecular formula is C21H25NO3. The van der Waals surface area contributed by atoms with Gasteiger partial charge in [0.2, 0.25) is 0 Å². The molecule has 2 aromatic rings. The molecule has 132 valence electrons. The summed E-state index contributed by atoms with van der Waals surface area (Å²) in [7, 11) is 1.41. The third-order valence-corrected chi connectivity index (χ3v) is 4.56. The molecule has 0 spiro atoms. The molecule has 1 aliphatic rings. The Labute approximate surface area is 149 Å². The lowest BCUT2D eigenvalue weighted by molar-refractivity contribution is -0.143. The van der Waals surface area contributed by atoms with Gasteiger partial charge in [-0.1, -0.05) is 39.0 Å². The van der Waals surface area contributed by atoms with E-state index >= 15 is 0 Å².